The highest BCUT2D eigenvalue weighted by molar-refractivity contribution is 7.91. The van der Waals surface area contributed by atoms with E-state index in [0.29, 0.717) is 0 Å². The molecule has 18 heavy (non-hydrogen) atoms. The number of hydrogen-bond acceptors (Lipinski definition) is 4. The Labute approximate surface area is 115 Å². The molecule has 1 N–H and O–H groups in total. The first kappa shape index (κ1) is 15.7. The molecule has 0 aromatic carbocycles. The Kier molecular flexibility index (Phi) is 5.37. The van der Waals surface area contributed by atoms with Gasteiger partial charge in [-0.1, -0.05) is 6.92 Å². The quantitative estimate of drug-likeness (QED) is 0.876. The molecule has 0 bridgehead atoms. The van der Waals surface area contributed by atoms with Crippen molar-refractivity contribution in [1.29, 1.82) is 0 Å². The van der Waals surface area contributed by atoms with Crippen molar-refractivity contribution in [3.8, 4) is 0 Å². The van der Waals surface area contributed by atoms with Gasteiger partial charge in [0.15, 0.2) is 9.84 Å². The van der Waals surface area contributed by atoms with Crippen LogP contribution >= 0.6 is 11.3 Å². The third kappa shape index (κ3) is 4.37. The van der Waals surface area contributed by atoms with Crippen molar-refractivity contribution in [2.45, 2.75) is 46.7 Å². The van der Waals surface area contributed by atoms with Gasteiger partial charge < -0.3 is 5.32 Å². The minimum absolute atomic E-state index is 0.0236. The fourth-order valence-electron chi connectivity index (χ4n) is 2.14. The van der Waals surface area contributed by atoms with Gasteiger partial charge in [0.1, 0.15) is 0 Å². The zero-order valence-electron chi connectivity index (χ0n) is 11.8. The lowest BCUT2D eigenvalue weighted by molar-refractivity contribution is 0.499. The Morgan fingerprint density at radius 2 is 1.94 bits per heavy atom. The number of nitrogens with one attached hydrogen (secondary N) is 1. The van der Waals surface area contributed by atoms with Crippen LogP contribution in [0.5, 0.6) is 0 Å². The molecule has 2 atom stereocenters. The van der Waals surface area contributed by atoms with E-state index in [2.05, 4.69) is 32.2 Å². The molecule has 104 valence electrons. The average Bonchev–Trinajstić information content (AvgIpc) is 2.57. The lowest BCUT2D eigenvalue weighted by Crippen LogP contribution is -2.35. The number of rotatable bonds is 6. The highest BCUT2D eigenvalue weighted by atomic mass is 32.2. The molecule has 1 aromatic rings. The normalized spacial score (nSPS) is 15.6. The molecule has 0 saturated carbocycles. The molecular formula is C13H23NO2S2. The van der Waals surface area contributed by atoms with Crippen molar-refractivity contribution in [2.75, 3.05) is 11.5 Å². The van der Waals surface area contributed by atoms with Gasteiger partial charge in [-0.2, -0.15) is 0 Å². The third-order valence-electron chi connectivity index (χ3n) is 3.02. The van der Waals surface area contributed by atoms with Gasteiger partial charge in [0.25, 0.3) is 0 Å². The van der Waals surface area contributed by atoms with Crippen LogP contribution < -0.4 is 5.32 Å². The molecule has 0 spiro atoms. The van der Waals surface area contributed by atoms with E-state index in [1.807, 2.05) is 6.92 Å². The minimum atomic E-state index is -2.91. The van der Waals surface area contributed by atoms with E-state index in [1.54, 1.807) is 18.3 Å². The topological polar surface area (TPSA) is 46.2 Å². The van der Waals surface area contributed by atoms with Crippen molar-refractivity contribution in [1.82, 2.24) is 5.32 Å². The Hall–Kier alpha value is -0.390. The predicted molar refractivity (Wildman–Crippen MR) is 79.1 cm³/mol. The molecule has 0 aliphatic rings. The number of thiophene rings is 1. The van der Waals surface area contributed by atoms with Crippen LogP contribution in [0.4, 0.5) is 0 Å². The second-order valence-electron chi connectivity index (χ2n) is 4.86. The van der Waals surface area contributed by atoms with Crippen molar-refractivity contribution < 1.29 is 8.42 Å². The number of hydrogen-bond donors (Lipinski definition) is 1. The van der Waals surface area contributed by atoms with Crippen LogP contribution in [0.3, 0.4) is 0 Å². The van der Waals surface area contributed by atoms with Crippen molar-refractivity contribution in [3.05, 3.63) is 21.4 Å². The predicted octanol–water partition coefficient (Wildman–Crippen LogP) is 2.84. The third-order valence-corrected chi connectivity index (χ3v) is 5.89. The summed E-state index contributed by atoms with van der Waals surface area (Å²) < 4.78 is 23.1. The van der Waals surface area contributed by atoms with Gasteiger partial charge in [0.05, 0.1) is 5.75 Å². The maximum atomic E-state index is 11.6. The average molecular weight is 289 g/mol. The summed E-state index contributed by atoms with van der Waals surface area (Å²) in [4.78, 5) is 2.60. The molecule has 5 heteroatoms. The monoisotopic (exact) mass is 289 g/mol. The molecular weight excluding hydrogens is 266 g/mol. The zero-order valence-corrected chi connectivity index (χ0v) is 13.4. The van der Waals surface area contributed by atoms with Gasteiger partial charge in [0.2, 0.25) is 0 Å². The summed E-state index contributed by atoms with van der Waals surface area (Å²) in [6.45, 7) is 9.91. The number of aryl methyl sites for hydroxylation is 2. The van der Waals surface area contributed by atoms with Crippen LogP contribution in [0.2, 0.25) is 0 Å². The largest absolute Gasteiger partial charge is 0.307 e. The first-order chi connectivity index (χ1) is 8.25. The number of sulfone groups is 1. The molecule has 3 nitrogen and oxygen atoms in total. The van der Waals surface area contributed by atoms with E-state index in [9.17, 15) is 8.42 Å². The highest BCUT2D eigenvalue weighted by Gasteiger charge is 2.17. The summed E-state index contributed by atoms with van der Waals surface area (Å²) in [5.41, 5.74) is 1.28. The molecule has 0 fully saturated rings. The van der Waals surface area contributed by atoms with Crippen LogP contribution in [-0.2, 0) is 9.84 Å². The van der Waals surface area contributed by atoms with E-state index in [0.717, 1.165) is 0 Å². The Bertz CT molecular complexity index is 491. The Morgan fingerprint density at radius 1 is 1.33 bits per heavy atom. The van der Waals surface area contributed by atoms with Gasteiger partial charge in [0, 0.05) is 27.6 Å². The summed E-state index contributed by atoms with van der Waals surface area (Å²) in [5.74, 6) is 0.417. The molecule has 0 aliphatic heterocycles. The van der Waals surface area contributed by atoms with Gasteiger partial charge in [-0.15, -0.1) is 11.3 Å². The molecule has 0 saturated heterocycles. The maximum Gasteiger partial charge on any atom is 0.151 e. The van der Waals surface area contributed by atoms with Gasteiger partial charge in [-0.3, -0.25) is 0 Å². The Morgan fingerprint density at radius 3 is 2.39 bits per heavy atom. The van der Waals surface area contributed by atoms with Crippen LogP contribution in [0.1, 0.15) is 42.1 Å². The highest BCUT2D eigenvalue weighted by Crippen LogP contribution is 2.26. The maximum absolute atomic E-state index is 11.6. The van der Waals surface area contributed by atoms with Gasteiger partial charge in [-0.05, 0) is 39.3 Å². The molecule has 0 radical (unpaired) electrons. The van der Waals surface area contributed by atoms with Crippen LogP contribution in [0.15, 0.2) is 6.07 Å². The lowest BCUT2D eigenvalue weighted by Gasteiger charge is -2.20. The standard InChI is InChI=1S/C13H23NO2S2/c1-6-18(15,16)8-9(2)14-11(4)13-7-10(3)17-12(13)5/h7,9,11,14H,6,8H2,1-5H3. The fraction of sp³-hybridized carbons (Fsp3) is 0.692. The van der Waals surface area contributed by atoms with Crippen molar-refractivity contribution in [3.63, 3.8) is 0 Å². The summed E-state index contributed by atoms with van der Waals surface area (Å²) in [6.07, 6.45) is 0. The second-order valence-corrected chi connectivity index (χ2v) is 8.72. The summed E-state index contributed by atoms with van der Waals surface area (Å²) in [6, 6.07) is 2.35. The molecule has 2 unspecified atom stereocenters. The van der Waals surface area contributed by atoms with E-state index in [-0.39, 0.29) is 23.6 Å². The smallest absolute Gasteiger partial charge is 0.151 e. The summed E-state index contributed by atoms with van der Waals surface area (Å²) in [5, 5.41) is 3.37. The van der Waals surface area contributed by atoms with E-state index >= 15 is 0 Å². The molecule has 0 amide bonds. The molecule has 1 rings (SSSR count). The van der Waals surface area contributed by atoms with E-state index < -0.39 is 9.84 Å². The lowest BCUT2D eigenvalue weighted by atomic mass is 10.1. The van der Waals surface area contributed by atoms with E-state index in [1.165, 1.54) is 15.3 Å². The summed E-state index contributed by atoms with van der Waals surface area (Å²) in [7, 11) is -2.91. The van der Waals surface area contributed by atoms with Gasteiger partial charge >= 0.3 is 0 Å². The zero-order chi connectivity index (χ0) is 13.9. The molecule has 1 aromatic heterocycles. The molecule has 0 aliphatic carbocycles. The minimum Gasteiger partial charge on any atom is -0.307 e. The SMILES string of the molecule is CCS(=O)(=O)CC(C)NC(C)c1cc(C)sc1C. The van der Waals surface area contributed by atoms with Crippen LogP contribution in [0.25, 0.3) is 0 Å². The first-order valence-corrected chi connectivity index (χ1v) is 8.92. The fourth-order valence-corrected chi connectivity index (χ4v) is 4.26. The van der Waals surface area contributed by atoms with Crippen molar-refractivity contribution >= 4 is 21.2 Å². The molecule has 1 heterocycles. The van der Waals surface area contributed by atoms with Crippen LogP contribution in [0, 0.1) is 13.8 Å². The first-order valence-electron chi connectivity index (χ1n) is 6.28. The second kappa shape index (κ2) is 6.17. The Balaban J connectivity index is 2.65. The van der Waals surface area contributed by atoms with E-state index in [4.69, 9.17) is 0 Å². The van der Waals surface area contributed by atoms with Crippen LogP contribution in [-0.4, -0.2) is 26.0 Å². The van der Waals surface area contributed by atoms with Gasteiger partial charge in [-0.25, -0.2) is 8.42 Å². The van der Waals surface area contributed by atoms with Crippen molar-refractivity contribution in [2.24, 2.45) is 0 Å². The summed E-state index contributed by atoms with van der Waals surface area (Å²) >= 11 is 1.78.